The highest BCUT2D eigenvalue weighted by Crippen LogP contribution is 2.40. The molecule has 0 bridgehead atoms. The van der Waals surface area contributed by atoms with Crippen LogP contribution in [0.25, 0.3) is 21.6 Å². The Kier molecular flexibility index (Phi) is 8.90. The number of halogens is 1. The Morgan fingerprint density at radius 3 is 2.58 bits per heavy atom. The number of nitrogen functional groups attached to an aromatic ring is 1. The molecule has 5 aromatic rings. The van der Waals surface area contributed by atoms with Gasteiger partial charge in [-0.2, -0.15) is 0 Å². The van der Waals surface area contributed by atoms with Crippen LogP contribution in [0, 0.1) is 16.4 Å². The first kappa shape index (κ1) is 29.5. The quantitative estimate of drug-likeness (QED) is 0.0942. The number of pyridine rings is 1. The molecule has 3 heterocycles. The van der Waals surface area contributed by atoms with E-state index in [-0.39, 0.29) is 29.8 Å². The second kappa shape index (κ2) is 13.0. The van der Waals surface area contributed by atoms with Crippen molar-refractivity contribution in [3.05, 3.63) is 98.7 Å². The number of rotatable bonds is 9. The van der Waals surface area contributed by atoms with Crippen LogP contribution >= 0.6 is 33.9 Å². The molecule has 0 spiro atoms. The van der Waals surface area contributed by atoms with Crippen molar-refractivity contribution in [1.29, 1.82) is 0 Å². The molecule has 2 N–H and O–H groups in total. The molecule has 0 amide bonds. The standard InChI is InChI=1S/C34H33IN4O3S/c1-21-7-9-24(10-8-21)34(41)42-29-18-26(16-13-23(29)4-2-5-28(40)22-11-14-25(35)15-12-22)39-20-37-32-27(30-6-3-17-43-30)19-31(36)38-33(32)39/h3,6-12,14-15,17,19-20,23,26,29H,2,4-5,13,16,18H2,1H3,(H2,36,38)/t23-,26+,29+/m0/s1. The maximum Gasteiger partial charge on any atom is 0.338 e. The van der Waals surface area contributed by atoms with Crippen molar-refractivity contribution in [2.45, 2.75) is 57.6 Å². The minimum absolute atomic E-state index is 0.0518. The smallest absolute Gasteiger partial charge is 0.338 e. The Balaban J connectivity index is 1.21. The number of carbonyl (C=O) groups excluding carboxylic acids is 2. The normalized spacial score (nSPS) is 18.5. The highest BCUT2D eigenvalue weighted by Gasteiger charge is 2.35. The van der Waals surface area contributed by atoms with Gasteiger partial charge in [0.2, 0.25) is 0 Å². The number of imidazole rings is 1. The first-order valence-corrected chi connectivity index (χ1v) is 16.5. The summed E-state index contributed by atoms with van der Waals surface area (Å²) in [6.07, 6.45) is 5.98. The van der Waals surface area contributed by atoms with Crippen molar-refractivity contribution in [2.24, 2.45) is 5.92 Å². The highest BCUT2D eigenvalue weighted by molar-refractivity contribution is 14.1. The van der Waals surface area contributed by atoms with Gasteiger partial charge in [-0.15, -0.1) is 11.3 Å². The molecule has 1 fully saturated rings. The molecule has 1 aliphatic carbocycles. The van der Waals surface area contributed by atoms with Crippen molar-refractivity contribution in [3.8, 4) is 10.4 Å². The fourth-order valence-electron chi connectivity index (χ4n) is 6.01. The second-order valence-electron chi connectivity index (χ2n) is 11.3. The van der Waals surface area contributed by atoms with E-state index >= 15 is 0 Å². The number of aromatic nitrogens is 3. The molecular weight excluding hydrogens is 671 g/mol. The van der Waals surface area contributed by atoms with Gasteiger partial charge >= 0.3 is 5.97 Å². The summed E-state index contributed by atoms with van der Waals surface area (Å²) in [6, 6.07) is 21.2. The van der Waals surface area contributed by atoms with Crippen LogP contribution in [0.4, 0.5) is 5.82 Å². The molecule has 6 rings (SSSR count). The van der Waals surface area contributed by atoms with E-state index in [1.165, 1.54) is 0 Å². The number of Topliss-reactive ketones (excluding diaryl/α,β-unsaturated/α-hetero) is 1. The van der Waals surface area contributed by atoms with Gasteiger partial charge in [0.25, 0.3) is 0 Å². The SMILES string of the molecule is Cc1ccc(C(=O)O[C@@H]2C[C@H](n3cnc4c(-c5cccs5)cc(N)nc43)CC[C@@H]2CCCC(=O)c2ccc(I)cc2)cc1. The third-order valence-corrected chi connectivity index (χ3v) is 9.94. The molecule has 220 valence electrons. The second-order valence-corrected chi connectivity index (χ2v) is 13.4. The summed E-state index contributed by atoms with van der Waals surface area (Å²) in [7, 11) is 0. The number of ketones is 1. The first-order valence-electron chi connectivity index (χ1n) is 14.6. The van der Waals surface area contributed by atoms with Crippen LogP contribution in [-0.4, -0.2) is 32.4 Å². The van der Waals surface area contributed by atoms with Crippen LogP contribution in [0.3, 0.4) is 0 Å². The Hall–Kier alpha value is -3.57. The predicted octanol–water partition coefficient (Wildman–Crippen LogP) is 8.28. The molecule has 0 saturated heterocycles. The van der Waals surface area contributed by atoms with Crippen LogP contribution in [0.15, 0.2) is 78.4 Å². The fourth-order valence-corrected chi connectivity index (χ4v) is 7.11. The number of aryl methyl sites for hydroxylation is 1. The number of anilines is 1. The third kappa shape index (κ3) is 6.67. The lowest BCUT2D eigenvalue weighted by Crippen LogP contribution is -2.35. The molecule has 2 aromatic carbocycles. The number of ether oxygens (including phenoxy) is 1. The Morgan fingerprint density at radius 1 is 1.07 bits per heavy atom. The lowest BCUT2D eigenvalue weighted by Gasteiger charge is -2.36. The van der Waals surface area contributed by atoms with E-state index in [1.54, 1.807) is 11.3 Å². The molecular formula is C34H33IN4O3S. The van der Waals surface area contributed by atoms with E-state index in [4.69, 9.17) is 15.5 Å². The Bertz CT molecular complexity index is 1730. The zero-order valence-electron chi connectivity index (χ0n) is 23.9. The third-order valence-electron chi connectivity index (χ3n) is 8.32. The van der Waals surface area contributed by atoms with Crippen molar-refractivity contribution in [2.75, 3.05) is 5.73 Å². The topological polar surface area (TPSA) is 100 Å². The van der Waals surface area contributed by atoms with E-state index in [1.807, 2.05) is 79.3 Å². The zero-order valence-corrected chi connectivity index (χ0v) is 26.9. The maximum atomic E-state index is 13.3. The lowest BCUT2D eigenvalue weighted by molar-refractivity contribution is -0.00914. The van der Waals surface area contributed by atoms with Crippen LogP contribution in [-0.2, 0) is 4.74 Å². The highest BCUT2D eigenvalue weighted by atomic mass is 127. The monoisotopic (exact) mass is 704 g/mol. The largest absolute Gasteiger partial charge is 0.458 e. The number of hydrogen-bond donors (Lipinski definition) is 1. The summed E-state index contributed by atoms with van der Waals surface area (Å²) in [4.78, 5) is 36.6. The van der Waals surface area contributed by atoms with Crippen LogP contribution in [0.2, 0.25) is 0 Å². The molecule has 0 aliphatic heterocycles. The molecule has 3 atom stereocenters. The number of esters is 1. The van der Waals surface area contributed by atoms with Crippen molar-refractivity contribution in [1.82, 2.24) is 14.5 Å². The summed E-state index contributed by atoms with van der Waals surface area (Å²) >= 11 is 3.89. The van der Waals surface area contributed by atoms with E-state index in [0.29, 0.717) is 24.2 Å². The average molecular weight is 705 g/mol. The minimum atomic E-state index is -0.316. The summed E-state index contributed by atoms with van der Waals surface area (Å²) in [6.45, 7) is 1.99. The zero-order chi connectivity index (χ0) is 29.9. The summed E-state index contributed by atoms with van der Waals surface area (Å²) in [5, 5.41) is 2.04. The Morgan fingerprint density at radius 2 is 1.84 bits per heavy atom. The fraction of sp³-hybridized carbons (Fsp3) is 0.294. The van der Waals surface area contributed by atoms with Crippen molar-refractivity contribution >= 4 is 62.7 Å². The molecule has 7 nitrogen and oxygen atoms in total. The van der Waals surface area contributed by atoms with Crippen molar-refractivity contribution in [3.63, 3.8) is 0 Å². The summed E-state index contributed by atoms with van der Waals surface area (Å²) in [5.41, 5.74) is 11.2. The number of nitrogens with two attached hydrogens (primary N) is 1. The van der Waals surface area contributed by atoms with Crippen LogP contribution < -0.4 is 5.73 Å². The minimum Gasteiger partial charge on any atom is -0.458 e. The molecule has 43 heavy (non-hydrogen) atoms. The number of benzene rings is 2. The molecule has 0 unspecified atom stereocenters. The first-order chi connectivity index (χ1) is 20.9. The summed E-state index contributed by atoms with van der Waals surface area (Å²) in [5.74, 6) is 0.438. The van der Waals surface area contributed by atoms with Gasteiger partial charge in [-0.3, -0.25) is 4.79 Å². The van der Waals surface area contributed by atoms with Crippen LogP contribution in [0.1, 0.15) is 70.8 Å². The van der Waals surface area contributed by atoms with Gasteiger partial charge in [-0.05, 0) is 103 Å². The van der Waals surface area contributed by atoms with Crippen molar-refractivity contribution < 1.29 is 14.3 Å². The lowest BCUT2D eigenvalue weighted by atomic mass is 9.80. The predicted molar refractivity (Wildman–Crippen MR) is 179 cm³/mol. The van der Waals surface area contributed by atoms with Gasteiger partial charge in [-0.25, -0.2) is 14.8 Å². The maximum absolute atomic E-state index is 13.3. The van der Waals surface area contributed by atoms with E-state index < -0.39 is 0 Å². The van der Waals surface area contributed by atoms with Gasteiger partial charge in [-0.1, -0.05) is 35.9 Å². The molecule has 3 aromatic heterocycles. The number of hydrogen-bond acceptors (Lipinski definition) is 7. The molecule has 1 aliphatic rings. The molecule has 1 saturated carbocycles. The van der Waals surface area contributed by atoms with Gasteiger partial charge in [0.05, 0.1) is 11.9 Å². The number of carbonyl (C=O) groups is 2. The number of thiophene rings is 1. The van der Waals surface area contributed by atoms with E-state index in [2.05, 4.69) is 38.2 Å². The molecule has 0 radical (unpaired) electrons. The van der Waals surface area contributed by atoms with E-state index in [9.17, 15) is 9.59 Å². The van der Waals surface area contributed by atoms with Gasteiger partial charge in [0.1, 0.15) is 17.4 Å². The van der Waals surface area contributed by atoms with Gasteiger partial charge in [0, 0.05) is 38.5 Å². The van der Waals surface area contributed by atoms with Gasteiger partial charge in [0.15, 0.2) is 11.4 Å². The average Bonchev–Trinajstić information content (AvgIpc) is 3.69. The Labute approximate surface area is 268 Å². The molecule has 9 heteroatoms. The number of fused-ring (bicyclic) bond motifs is 1. The van der Waals surface area contributed by atoms with Crippen LogP contribution in [0.5, 0.6) is 0 Å². The number of nitrogens with zero attached hydrogens (tertiary/aromatic N) is 3. The van der Waals surface area contributed by atoms with Gasteiger partial charge < -0.3 is 15.0 Å². The summed E-state index contributed by atoms with van der Waals surface area (Å²) < 4.78 is 9.44. The van der Waals surface area contributed by atoms with E-state index in [0.717, 1.165) is 62.0 Å².